The number of nitro benzene ring substituents is 1. The van der Waals surface area contributed by atoms with Gasteiger partial charge in [-0.05, 0) is 36.2 Å². The number of piperazine rings is 1. The number of nitrogens with zero attached hydrogens (tertiary/aromatic N) is 3. The SMILES string of the molecule is CCCCOc1ccc(CN2CCN(c3ccc([N+](=O)[O-])cc3)CC2)cc1. The van der Waals surface area contributed by atoms with Gasteiger partial charge >= 0.3 is 0 Å². The first kappa shape index (κ1) is 19.2. The average Bonchev–Trinajstić information content (AvgIpc) is 2.70. The van der Waals surface area contributed by atoms with E-state index >= 15 is 0 Å². The lowest BCUT2D eigenvalue weighted by molar-refractivity contribution is -0.384. The molecule has 3 rings (SSSR count). The van der Waals surface area contributed by atoms with Gasteiger partial charge < -0.3 is 9.64 Å². The molecular formula is C21H27N3O3. The van der Waals surface area contributed by atoms with Crippen LogP contribution in [0.2, 0.25) is 0 Å². The van der Waals surface area contributed by atoms with E-state index in [0.29, 0.717) is 0 Å². The summed E-state index contributed by atoms with van der Waals surface area (Å²) in [6.45, 7) is 7.68. The van der Waals surface area contributed by atoms with Crippen molar-refractivity contribution in [3.05, 3.63) is 64.2 Å². The highest BCUT2D eigenvalue weighted by Crippen LogP contribution is 2.21. The number of anilines is 1. The van der Waals surface area contributed by atoms with Crippen LogP contribution in [0.3, 0.4) is 0 Å². The van der Waals surface area contributed by atoms with Crippen molar-refractivity contribution < 1.29 is 9.66 Å². The third-order valence-corrected chi connectivity index (χ3v) is 4.89. The van der Waals surface area contributed by atoms with E-state index in [9.17, 15) is 10.1 Å². The minimum Gasteiger partial charge on any atom is -0.494 e. The summed E-state index contributed by atoms with van der Waals surface area (Å²) in [4.78, 5) is 15.1. The Hall–Kier alpha value is -2.60. The smallest absolute Gasteiger partial charge is 0.269 e. The van der Waals surface area contributed by atoms with Crippen LogP contribution in [0.4, 0.5) is 11.4 Å². The van der Waals surface area contributed by atoms with Crippen molar-refractivity contribution in [2.24, 2.45) is 0 Å². The Morgan fingerprint density at radius 3 is 2.26 bits per heavy atom. The summed E-state index contributed by atoms with van der Waals surface area (Å²) in [7, 11) is 0. The molecule has 2 aromatic rings. The minimum atomic E-state index is -0.359. The second-order valence-corrected chi connectivity index (χ2v) is 6.88. The van der Waals surface area contributed by atoms with Crippen molar-refractivity contribution in [3.63, 3.8) is 0 Å². The molecule has 0 bridgehead atoms. The van der Waals surface area contributed by atoms with Crippen LogP contribution in [-0.4, -0.2) is 42.6 Å². The highest BCUT2D eigenvalue weighted by atomic mass is 16.6. The summed E-state index contributed by atoms with van der Waals surface area (Å²) in [5.41, 5.74) is 2.48. The van der Waals surface area contributed by atoms with Crippen LogP contribution in [0.15, 0.2) is 48.5 Å². The maximum absolute atomic E-state index is 10.8. The van der Waals surface area contributed by atoms with Crippen LogP contribution >= 0.6 is 0 Å². The van der Waals surface area contributed by atoms with Crippen LogP contribution in [0.5, 0.6) is 5.75 Å². The summed E-state index contributed by atoms with van der Waals surface area (Å²) in [6, 6.07) is 15.2. The zero-order valence-electron chi connectivity index (χ0n) is 15.8. The topological polar surface area (TPSA) is 58.8 Å². The summed E-state index contributed by atoms with van der Waals surface area (Å²) < 4.78 is 5.72. The molecule has 6 heteroatoms. The van der Waals surface area contributed by atoms with Gasteiger partial charge in [0.2, 0.25) is 0 Å². The van der Waals surface area contributed by atoms with Crippen molar-refractivity contribution >= 4 is 11.4 Å². The van der Waals surface area contributed by atoms with Gasteiger partial charge in [-0.3, -0.25) is 15.0 Å². The average molecular weight is 369 g/mol. The van der Waals surface area contributed by atoms with Crippen LogP contribution in [0.1, 0.15) is 25.3 Å². The highest BCUT2D eigenvalue weighted by Gasteiger charge is 2.18. The number of hydrogen-bond acceptors (Lipinski definition) is 5. The molecule has 27 heavy (non-hydrogen) atoms. The quantitative estimate of drug-likeness (QED) is 0.398. The van der Waals surface area contributed by atoms with Gasteiger partial charge in [0.1, 0.15) is 5.75 Å². The molecule has 0 N–H and O–H groups in total. The number of unbranched alkanes of at least 4 members (excludes halogenated alkanes) is 1. The fourth-order valence-corrected chi connectivity index (χ4v) is 3.23. The monoisotopic (exact) mass is 369 g/mol. The molecule has 0 aromatic heterocycles. The van der Waals surface area contributed by atoms with Crippen LogP contribution < -0.4 is 9.64 Å². The molecule has 0 atom stereocenters. The number of benzene rings is 2. The van der Waals surface area contributed by atoms with E-state index in [1.165, 1.54) is 5.56 Å². The highest BCUT2D eigenvalue weighted by molar-refractivity contribution is 5.51. The summed E-state index contributed by atoms with van der Waals surface area (Å²) in [5, 5.41) is 10.8. The standard InChI is InChI=1S/C21H27N3O3/c1-2-3-16-27-21-10-4-18(5-11-21)17-22-12-14-23(15-13-22)19-6-8-20(9-7-19)24(25)26/h4-11H,2-3,12-17H2,1H3. The molecule has 1 saturated heterocycles. The van der Waals surface area contributed by atoms with Crippen molar-refractivity contribution in [3.8, 4) is 5.75 Å². The molecule has 0 spiro atoms. The molecule has 1 fully saturated rings. The molecule has 0 amide bonds. The minimum absolute atomic E-state index is 0.138. The Morgan fingerprint density at radius 1 is 1.00 bits per heavy atom. The van der Waals surface area contributed by atoms with E-state index in [1.807, 2.05) is 12.1 Å². The van der Waals surface area contributed by atoms with Crippen molar-refractivity contribution in [1.82, 2.24) is 4.90 Å². The van der Waals surface area contributed by atoms with Gasteiger partial charge in [0.15, 0.2) is 0 Å². The van der Waals surface area contributed by atoms with Crippen LogP contribution in [0, 0.1) is 10.1 Å². The van der Waals surface area contributed by atoms with Crippen molar-refractivity contribution in [2.75, 3.05) is 37.7 Å². The number of ether oxygens (including phenoxy) is 1. The van der Waals surface area contributed by atoms with E-state index in [2.05, 4.69) is 41.0 Å². The molecule has 0 radical (unpaired) electrons. The largest absolute Gasteiger partial charge is 0.494 e. The lowest BCUT2D eigenvalue weighted by atomic mass is 10.1. The lowest BCUT2D eigenvalue weighted by Crippen LogP contribution is -2.45. The van der Waals surface area contributed by atoms with E-state index < -0.39 is 0 Å². The maximum atomic E-state index is 10.8. The number of nitro groups is 1. The van der Waals surface area contributed by atoms with Gasteiger partial charge in [0.05, 0.1) is 11.5 Å². The molecular weight excluding hydrogens is 342 g/mol. The molecule has 1 heterocycles. The molecule has 0 aliphatic carbocycles. The van der Waals surface area contributed by atoms with Gasteiger partial charge in [0.25, 0.3) is 5.69 Å². The summed E-state index contributed by atoms with van der Waals surface area (Å²) >= 11 is 0. The molecule has 1 aliphatic heterocycles. The second kappa shape index (κ2) is 9.37. The fourth-order valence-electron chi connectivity index (χ4n) is 3.23. The maximum Gasteiger partial charge on any atom is 0.269 e. The Balaban J connectivity index is 1.47. The third-order valence-electron chi connectivity index (χ3n) is 4.89. The predicted molar refractivity (Wildman–Crippen MR) is 107 cm³/mol. The van der Waals surface area contributed by atoms with Crippen LogP contribution in [-0.2, 0) is 6.54 Å². The number of hydrogen-bond donors (Lipinski definition) is 0. The molecule has 0 saturated carbocycles. The Kier molecular flexibility index (Phi) is 6.65. The first-order valence-electron chi connectivity index (χ1n) is 9.59. The number of rotatable bonds is 8. The van der Waals surface area contributed by atoms with Gasteiger partial charge in [-0.25, -0.2) is 0 Å². The van der Waals surface area contributed by atoms with Gasteiger partial charge in [-0.1, -0.05) is 25.5 Å². The number of non-ortho nitro benzene ring substituents is 1. The fraction of sp³-hybridized carbons (Fsp3) is 0.429. The normalized spacial score (nSPS) is 14.9. The van der Waals surface area contributed by atoms with E-state index in [-0.39, 0.29) is 10.6 Å². The predicted octanol–water partition coefficient (Wildman–Crippen LogP) is 4.10. The Labute approximate surface area is 160 Å². The van der Waals surface area contributed by atoms with E-state index in [1.54, 1.807) is 12.1 Å². The summed E-state index contributed by atoms with van der Waals surface area (Å²) in [5.74, 6) is 0.940. The van der Waals surface area contributed by atoms with Crippen molar-refractivity contribution in [1.29, 1.82) is 0 Å². The van der Waals surface area contributed by atoms with Gasteiger partial charge in [0, 0.05) is 50.5 Å². The van der Waals surface area contributed by atoms with Crippen molar-refractivity contribution in [2.45, 2.75) is 26.3 Å². The molecule has 6 nitrogen and oxygen atoms in total. The summed E-state index contributed by atoms with van der Waals surface area (Å²) in [6.07, 6.45) is 2.23. The first-order chi connectivity index (χ1) is 13.2. The van der Waals surface area contributed by atoms with Gasteiger partial charge in [-0.2, -0.15) is 0 Å². The molecule has 144 valence electrons. The zero-order valence-corrected chi connectivity index (χ0v) is 15.8. The third kappa shape index (κ3) is 5.44. The Morgan fingerprint density at radius 2 is 1.67 bits per heavy atom. The van der Waals surface area contributed by atoms with Crippen LogP contribution in [0.25, 0.3) is 0 Å². The zero-order chi connectivity index (χ0) is 19.1. The molecule has 2 aromatic carbocycles. The molecule has 0 unspecified atom stereocenters. The Bertz CT molecular complexity index is 723. The van der Waals surface area contributed by atoms with E-state index in [0.717, 1.165) is 63.6 Å². The lowest BCUT2D eigenvalue weighted by Gasteiger charge is -2.36. The molecule has 1 aliphatic rings. The second-order valence-electron chi connectivity index (χ2n) is 6.88. The first-order valence-corrected chi connectivity index (χ1v) is 9.59. The van der Waals surface area contributed by atoms with Gasteiger partial charge in [-0.15, -0.1) is 0 Å². The van der Waals surface area contributed by atoms with E-state index in [4.69, 9.17) is 4.74 Å².